The van der Waals surface area contributed by atoms with E-state index in [1.807, 2.05) is 13.0 Å². The molecule has 0 aliphatic heterocycles. The maximum Gasteiger partial charge on any atom is 0.328 e. The summed E-state index contributed by atoms with van der Waals surface area (Å²) in [5.41, 5.74) is 0.891. The molecule has 0 spiro atoms. The quantitative estimate of drug-likeness (QED) is 0.570. The van der Waals surface area contributed by atoms with Crippen molar-refractivity contribution in [2.45, 2.75) is 6.92 Å². The van der Waals surface area contributed by atoms with E-state index in [-0.39, 0.29) is 0 Å². The molecule has 13 heavy (non-hydrogen) atoms. The molecule has 0 fully saturated rings. The van der Waals surface area contributed by atoms with E-state index in [9.17, 15) is 4.79 Å². The number of aliphatic carboxylic acids is 1. The molecule has 0 aromatic carbocycles. The van der Waals surface area contributed by atoms with Crippen LogP contribution in [-0.2, 0) is 4.79 Å². The number of allylic oxidation sites excluding steroid dienone is 3. The maximum atomic E-state index is 10.1. The third-order valence-corrected chi connectivity index (χ3v) is 1.49. The van der Waals surface area contributed by atoms with Gasteiger partial charge in [-0.2, -0.15) is 0 Å². The van der Waals surface area contributed by atoms with E-state index in [1.165, 1.54) is 6.08 Å². The first-order valence-electron chi connectivity index (χ1n) is 3.82. The van der Waals surface area contributed by atoms with Crippen LogP contribution in [0.4, 0.5) is 0 Å². The van der Waals surface area contributed by atoms with E-state index < -0.39 is 5.97 Å². The Morgan fingerprint density at radius 3 is 2.92 bits per heavy atom. The van der Waals surface area contributed by atoms with Crippen molar-refractivity contribution in [3.8, 4) is 0 Å². The summed E-state index contributed by atoms with van der Waals surface area (Å²) in [5.74, 6) is -0.210. The van der Waals surface area contributed by atoms with Crippen LogP contribution in [0, 0.1) is 0 Å². The molecule has 0 radical (unpaired) electrons. The molecule has 0 saturated carbocycles. The maximum absolute atomic E-state index is 10.1. The van der Waals surface area contributed by atoms with Crippen LogP contribution >= 0.6 is 0 Å². The molecular weight excluding hydrogens is 168 g/mol. The zero-order chi connectivity index (χ0) is 9.68. The van der Waals surface area contributed by atoms with E-state index in [2.05, 4.69) is 0 Å². The number of furan rings is 1. The molecule has 1 N–H and O–H groups in total. The highest BCUT2D eigenvalue weighted by molar-refractivity contribution is 5.80. The Bertz CT molecular complexity index is 331. The van der Waals surface area contributed by atoms with Gasteiger partial charge >= 0.3 is 5.97 Å². The van der Waals surface area contributed by atoms with Gasteiger partial charge in [0, 0.05) is 6.08 Å². The van der Waals surface area contributed by atoms with Crippen molar-refractivity contribution in [2.75, 3.05) is 0 Å². The normalized spacial score (nSPS) is 12.2. The summed E-state index contributed by atoms with van der Waals surface area (Å²) >= 11 is 0. The summed E-state index contributed by atoms with van der Waals surface area (Å²) in [6.07, 6.45) is 5.81. The monoisotopic (exact) mass is 178 g/mol. The SMILES string of the molecule is C/C(=C/C=C/C(=O)O)c1ccco1. The molecular formula is C10H10O3. The Kier molecular flexibility index (Phi) is 3.09. The Hall–Kier alpha value is -1.77. The molecule has 1 aromatic heterocycles. The zero-order valence-corrected chi connectivity index (χ0v) is 7.23. The highest BCUT2D eigenvalue weighted by Crippen LogP contribution is 2.13. The average molecular weight is 178 g/mol. The molecule has 0 bridgehead atoms. The largest absolute Gasteiger partial charge is 0.478 e. The van der Waals surface area contributed by atoms with Gasteiger partial charge in [0.15, 0.2) is 0 Å². The van der Waals surface area contributed by atoms with Crippen LogP contribution in [0.5, 0.6) is 0 Å². The second kappa shape index (κ2) is 4.30. The first-order chi connectivity index (χ1) is 6.20. The van der Waals surface area contributed by atoms with Crippen molar-refractivity contribution in [3.63, 3.8) is 0 Å². The first kappa shape index (κ1) is 9.32. The fourth-order valence-electron chi connectivity index (χ4n) is 0.860. The Morgan fingerprint density at radius 1 is 1.62 bits per heavy atom. The summed E-state index contributed by atoms with van der Waals surface area (Å²) in [7, 11) is 0. The number of hydrogen-bond donors (Lipinski definition) is 1. The van der Waals surface area contributed by atoms with Gasteiger partial charge in [0.1, 0.15) is 5.76 Å². The standard InChI is InChI=1S/C10H10O3/c1-8(4-2-6-10(11)12)9-5-3-7-13-9/h2-7H,1H3,(H,11,12)/b6-2+,8-4-. The van der Waals surface area contributed by atoms with E-state index in [4.69, 9.17) is 9.52 Å². The van der Waals surface area contributed by atoms with Crippen LogP contribution in [-0.4, -0.2) is 11.1 Å². The highest BCUT2D eigenvalue weighted by atomic mass is 16.4. The van der Waals surface area contributed by atoms with E-state index in [0.29, 0.717) is 0 Å². The molecule has 0 aliphatic rings. The number of carboxylic acids is 1. The van der Waals surface area contributed by atoms with Gasteiger partial charge in [-0.3, -0.25) is 0 Å². The molecule has 1 aromatic rings. The van der Waals surface area contributed by atoms with Crippen LogP contribution < -0.4 is 0 Å². The van der Waals surface area contributed by atoms with Crippen molar-refractivity contribution in [3.05, 3.63) is 42.4 Å². The molecule has 0 amide bonds. The topological polar surface area (TPSA) is 50.4 Å². The van der Waals surface area contributed by atoms with Crippen LogP contribution in [0.1, 0.15) is 12.7 Å². The summed E-state index contributed by atoms with van der Waals surface area (Å²) in [5, 5.41) is 8.32. The molecule has 0 unspecified atom stereocenters. The van der Waals surface area contributed by atoms with Gasteiger partial charge in [0.25, 0.3) is 0 Å². The van der Waals surface area contributed by atoms with E-state index >= 15 is 0 Å². The van der Waals surface area contributed by atoms with E-state index in [0.717, 1.165) is 17.4 Å². The number of hydrogen-bond acceptors (Lipinski definition) is 2. The number of rotatable bonds is 3. The highest BCUT2D eigenvalue weighted by Gasteiger charge is 1.95. The lowest BCUT2D eigenvalue weighted by Gasteiger charge is -1.91. The second-order valence-electron chi connectivity index (χ2n) is 2.52. The van der Waals surface area contributed by atoms with Crippen LogP contribution in [0.25, 0.3) is 5.57 Å². The zero-order valence-electron chi connectivity index (χ0n) is 7.23. The number of carboxylic acid groups (broad SMARTS) is 1. The van der Waals surface area contributed by atoms with Gasteiger partial charge < -0.3 is 9.52 Å². The minimum absolute atomic E-state index is 0.745. The summed E-state index contributed by atoms with van der Waals surface area (Å²) < 4.78 is 5.10. The Morgan fingerprint density at radius 2 is 2.38 bits per heavy atom. The van der Waals surface area contributed by atoms with Crippen molar-refractivity contribution in [2.24, 2.45) is 0 Å². The predicted molar refractivity (Wildman–Crippen MR) is 49.1 cm³/mol. The molecule has 0 saturated heterocycles. The second-order valence-corrected chi connectivity index (χ2v) is 2.52. The third-order valence-electron chi connectivity index (χ3n) is 1.49. The van der Waals surface area contributed by atoms with Gasteiger partial charge in [-0.1, -0.05) is 12.2 Å². The van der Waals surface area contributed by atoms with Gasteiger partial charge in [0.2, 0.25) is 0 Å². The van der Waals surface area contributed by atoms with Gasteiger partial charge in [-0.25, -0.2) is 4.79 Å². The Balaban J connectivity index is 2.68. The molecule has 1 heterocycles. The first-order valence-corrected chi connectivity index (χ1v) is 3.82. The molecule has 0 atom stereocenters. The van der Waals surface area contributed by atoms with E-state index in [1.54, 1.807) is 18.4 Å². The average Bonchev–Trinajstić information content (AvgIpc) is 2.55. The minimum Gasteiger partial charge on any atom is -0.478 e. The third kappa shape index (κ3) is 2.99. The van der Waals surface area contributed by atoms with Gasteiger partial charge in [-0.15, -0.1) is 0 Å². The number of carbonyl (C=O) groups is 1. The predicted octanol–water partition coefficient (Wildman–Crippen LogP) is 2.32. The lowest BCUT2D eigenvalue weighted by molar-refractivity contribution is -0.131. The lowest BCUT2D eigenvalue weighted by atomic mass is 10.2. The van der Waals surface area contributed by atoms with Gasteiger partial charge in [-0.05, 0) is 24.6 Å². The molecule has 3 nitrogen and oxygen atoms in total. The smallest absolute Gasteiger partial charge is 0.328 e. The fraction of sp³-hybridized carbons (Fsp3) is 0.100. The summed E-state index contributed by atoms with van der Waals surface area (Å²) in [6, 6.07) is 3.61. The van der Waals surface area contributed by atoms with Crippen molar-refractivity contribution < 1.29 is 14.3 Å². The van der Waals surface area contributed by atoms with Crippen LogP contribution in [0.2, 0.25) is 0 Å². The summed E-state index contributed by atoms with van der Waals surface area (Å²) in [6.45, 7) is 1.85. The van der Waals surface area contributed by atoms with Crippen molar-refractivity contribution in [1.82, 2.24) is 0 Å². The fourth-order valence-corrected chi connectivity index (χ4v) is 0.860. The lowest BCUT2D eigenvalue weighted by Crippen LogP contribution is -1.84. The molecule has 3 heteroatoms. The van der Waals surface area contributed by atoms with Crippen LogP contribution in [0.3, 0.4) is 0 Å². The van der Waals surface area contributed by atoms with Crippen LogP contribution in [0.15, 0.2) is 41.0 Å². The van der Waals surface area contributed by atoms with Crippen molar-refractivity contribution in [1.29, 1.82) is 0 Å². The molecule has 68 valence electrons. The summed E-state index contributed by atoms with van der Waals surface area (Å²) in [4.78, 5) is 10.1. The minimum atomic E-state index is -0.955. The Labute approximate surface area is 76.0 Å². The van der Waals surface area contributed by atoms with Gasteiger partial charge in [0.05, 0.1) is 6.26 Å². The molecule has 1 rings (SSSR count). The molecule has 0 aliphatic carbocycles. The van der Waals surface area contributed by atoms with Crippen molar-refractivity contribution >= 4 is 11.5 Å².